The first kappa shape index (κ1) is 16.9. The molecule has 2 N–H and O–H groups in total. The van der Waals surface area contributed by atoms with E-state index in [1.54, 1.807) is 16.8 Å². The second-order valence-electron chi connectivity index (χ2n) is 6.37. The molecular formula is C16H23N5O2S. The van der Waals surface area contributed by atoms with Crippen molar-refractivity contribution in [3.63, 3.8) is 0 Å². The van der Waals surface area contributed by atoms with Crippen molar-refractivity contribution in [3.05, 3.63) is 36.2 Å². The summed E-state index contributed by atoms with van der Waals surface area (Å²) in [5.74, 6) is 0.514. The van der Waals surface area contributed by atoms with Gasteiger partial charge in [-0.15, -0.1) is 0 Å². The van der Waals surface area contributed by atoms with Crippen LogP contribution in [0, 0.1) is 5.41 Å². The number of hydrogen-bond acceptors (Lipinski definition) is 5. The lowest BCUT2D eigenvalue weighted by atomic mass is 10.1. The molecule has 1 fully saturated rings. The van der Waals surface area contributed by atoms with Gasteiger partial charge in [-0.05, 0) is 42.9 Å². The highest BCUT2D eigenvalue weighted by atomic mass is 32.2. The molecule has 2 aromatic heterocycles. The summed E-state index contributed by atoms with van der Waals surface area (Å²) in [7, 11) is -1.74. The van der Waals surface area contributed by atoms with Gasteiger partial charge in [0, 0.05) is 19.8 Å². The first-order chi connectivity index (χ1) is 11.4. The van der Waals surface area contributed by atoms with E-state index in [-0.39, 0.29) is 10.4 Å². The Labute approximate surface area is 142 Å². The molecule has 24 heavy (non-hydrogen) atoms. The molecule has 1 aliphatic carbocycles. The molecule has 0 radical (unpaired) electrons. The van der Waals surface area contributed by atoms with Crippen molar-refractivity contribution < 1.29 is 8.42 Å². The van der Waals surface area contributed by atoms with Crippen LogP contribution in [-0.2, 0) is 23.6 Å². The number of aryl methyl sites for hydroxylation is 1. The van der Waals surface area contributed by atoms with Gasteiger partial charge in [0.15, 0.2) is 5.03 Å². The lowest BCUT2D eigenvalue weighted by molar-refractivity contribution is 0.475. The molecule has 1 aliphatic rings. The maximum Gasteiger partial charge on any atom is 0.258 e. The average molecular weight is 349 g/mol. The van der Waals surface area contributed by atoms with E-state index in [9.17, 15) is 8.42 Å². The summed E-state index contributed by atoms with van der Waals surface area (Å²) in [4.78, 5) is 4.22. The first-order valence-electron chi connectivity index (χ1n) is 8.12. The number of rotatable bonds is 8. The second kappa shape index (κ2) is 6.52. The minimum atomic E-state index is -3.59. The Balaban J connectivity index is 1.65. The molecule has 130 valence electrons. The van der Waals surface area contributed by atoms with Crippen LogP contribution in [0.2, 0.25) is 0 Å². The topological polar surface area (TPSA) is 88.9 Å². The van der Waals surface area contributed by atoms with E-state index in [0.29, 0.717) is 18.9 Å². The van der Waals surface area contributed by atoms with Crippen molar-refractivity contribution in [2.75, 3.05) is 11.9 Å². The van der Waals surface area contributed by atoms with Crippen LogP contribution in [-0.4, -0.2) is 29.7 Å². The molecule has 0 aliphatic heterocycles. The minimum Gasteiger partial charge on any atom is -0.364 e. The number of aromatic nitrogens is 3. The van der Waals surface area contributed by atoms with Gasteiger partial charge in [-0.1, -0.05) is 13.0 Å². The number of anilines is 1. The van der Waals surface area contributed by atoms with Crippen LogP contribution in [0.3, 0.4) is 0 Å². The third-order valence-corrected chi connectivity index (χ3v) is 5.87. The number of nitrogens with one attached hydrogen (secondary N) is 2. The fourth-order valence-electron chi connectivity index (χ4n) is 2.56. The summed E-state index contributed by atoms with van der Waals surface area (Å²) in [5.41, 5.74) is 1.02. The van der Waals surface area contributed by atoms with Crippen LogP contribution in [0.25, 0.3) is 0 Å². The second-order valence-corrected chi connectivity index (χ2v) is 8.09. The number of pyridine rings is 1. The van der Waals surface area contributed by atoms with Gasteiger partial charge in [0.2, 0.25) is 0 Å². The molecular weight excluding hydrogens is 326 g/mol. The van der Waals surface area contributed by atoms with Gasteiger partial charge in [-0.25, -0.2) is 18.1 Å². The van der Waals surface area contributed by atoms with E-state index in [1.807, 2.05) is 19.3 Å². The molecule has 3 rings (SSSR count). The standard InChI is InChI=1S/C16H23N5O2S/c1-3-16(8-9-16)12-18-24(22,23)15-6-4-5-14(19-15)17-11-13-7-10-21(2)20-13/h4-7,10,18H,3,8-9,11-12H2,1-2H3,(H,17,19). The van der Waals surface area contributed by atoms with E-state index in [2.05, 4.69) is 27.0 Å². The summed E-state index contributed by atoms with van der Waals surface area (Å²) < 4.78 is 29.3. The maximum absolute atomic E-state index is 12.4. The van der Waals surface area contributed by atoms with E-state index in [1.165, 1.54) is 6.07 Å². The number of sulfonamides is 1. The van der Waals surface area contributed by atoms with Gasteiger partial charge in [0.25, 0.3) is 10.0 Å². The van der Waals surface area contributed by atoms with E-state index in [4.69, 9.17) is 0 Å². The molecule has 2 heterocycles. The number of hydrogen-bond donors (Lipinski definition) is 2. The van der Waals surface area contributed by atoms with Crippen LogP contribution in [0.1, 0.15) is 31.9 Å². The lowest BCUT2D eigenvalue weighted by Gasteiger charge is -2.14. The van der Waals surface area contributed by atoms with E-state index >= 15 is 0 Å². The summed E-state index contributed by atoms with van der Waals surface area (Å²) >= 11 is 0. The highest BCUT2D eigenvalue weighted by Crippen LogP contribution is 2.48. The van der Waals surface area contributed by atoms with Gasteiger partial charge in [-0.3, -0.25) is 4.68 Å². The zero-order valence-electron chi connectivity index (χ0n) is 14.0. The molecule has 2 aromatic rings. The Morgan fingerprint density at radius 1 is 1.29 bits per heavy atom. The van der Waals surface area contributed by atoms with Gasteiger partial charge >= 0.3 is 0 Å². The van der Waals surface area contributed by atoms with Gasteiger partial charge < -0.3 is 5.32 Å². The average Bonchev–Trinajstić information content (AvgIpc) is 3.26. The Kier molecular flexibility index (Phi) is 4.60. The fraction of sp³-hybridized carbons (Fsp3) is 0.500. The highest BCUT2D eigenvalue weighted by Gasteiger charge is 2.41. The molecule has 0 amide bonds. The zero-order chi connectivity index (χ0) is 17.2. The van der Waals surface area contributed by atoms with E-state index < -0.39 is 10.0 Å². The van der Waals surface area contributed by atoms with Crippen LogP contribution in [0.15, 0.2) is 35.5 Å². The Hall–Kier alpha value is -1.93. The first-order valence-corrected chi connectivity index (χ1v) is 9.60. The molecule has 0 unspecified atom stereocenters. The molecule has 0 saturated heterocycles. The molecule has 8 heteroatoms. The van der Waals surface area contributed by atoms with Gasteiger partial charge in [0.05, 0.1) is 12.2 Å². The predicted molar refractivity (Wildman–Crippen MR) is 91.9 cm³/mol. The van der Waals surface area contributed by atoms with Gasteiger partial charge in [-0.2, -0.15) is 5.10 Å². The number of nitrogens with zero attached hydrogens (tertiary/aromatic N) is 3. The molecule has 0 aromatic carbocycles. The predicted octanol–water partition coefficient (Wildman–Crippen LogP) is 1.90. The van der Waals surface area contributed by atoms with Crippen molar-refractivity contribution in [1.29, 1.82) is 0 Å². The highest BCUT2D eigenvalue weighted by molar-refractivity contribution is 7.89. The Morgan fingerprint density at radius 2 is 2.08 bits per heavy atom. The quantitative estimate of drug-likeness (QED) is 0.760. The Bertz CT molecular complexity index is 811. The SMILES string of the molecule is CCC1(CNS(=O)(=O)c2cccc(NCc3ccn(C)n3)n2)CC1. The summed E-state index contributed by atoms with van der Waals surface area (Å²) in [6, 6.07) is 6.85. The van der Waals surface area contributed by atoms with E-state index in [0.717, 1.165) is 25.0 Å². The monoisotopic (exact) mass is 349 g/mol. The van der Waals surface area contributed by atoms with Crippen molar-refractivity contribution in [1.82, 2.24) is 19.5 Å². The third-order valence-electron chi connectivity index (χ3n) is 4.56. The van der Waals surface area contributed by atoms with Crippen LogP contribution in [0.5, 0.6) is 0 Å². The maximum atomic E-state index is 12.4. The minimum absolute atomic E-state index is 0.0421. The van der Waals surface area contributed by atoms with Crippen LogP contribution < -0.4 is 10.0 Å². The lowest BCUT2D eigenvalue weighted by Crippen LogP contribution is -2.30. The van der Waals surface area contributed by atoms with Crippen molar-refractivity contribution in [2.45, 2.75) is 37.8 Å². The van der Waals surface area contributed by atoms with Crippen molar-refractivity contribution >= 4 is 15.8 Å². The molecule has 1 saturated carbocycles. The molecule has 7 nitrogen and oxygen atoms in total. The molecule has 0 bridgehead atoms. The van der Waals surface area contributed by atoms with Crippen molar-refractivity contribution in [2.24, 2.45) is 12.5 Å². The van der Waals surface area contributed by atoms with Gasteiger partial charge in [0.1, 0.15) is 5.82 Å². The Morgan fingerprint density at radius 3 is 2.71 bits per heavy atom. The largest absolute Gasteiger partial charge is 0.364 e. The van der Waals surface area contributed by atoms with Crippen molar-refractivity contribution in [3.8, 4) is 0 Å². The zero-order valence-corrected chi connectivity index (χ0v) is 14.8. The summed E-state index contributed by atoms with van der Waals surface area (Å²) in [6.07, 6.45) is 5.03. The van der Waals surface area contributed by atoms with Crippen LogP contribution >= 0.6 is 0 Å². The fourth-order valence-corrected chi connectivity index (χ4v) is 3.68. The summed E-state index contributed by atoms with van der Waals surface area (Å²) in [5, 5.41) is 7.41. The summed E-state index contributed by atoms with van der Waals surface area (Å²) in [6.45, 7) is 3.07. The normalized spacial score (nSPS) is 16.1. The third kappa shape index (κ3) is 3.93. The molecule has 0 atom stereocenters. The van der Waals surface area contributed by atoms with Crippen LogP contribution in [0.4, 0.5) is 5.82 Å². The molecule has 0 spiro atoms. The smallest absolute Gasteiger partial charge is 0.258 e.